The molecule has 1 rings (SSSR count). The maximum absolute atomic E-state index is 9.82. The van der Waals surface area contributed by atoms with Crippen molar-refractivity contribution in [2.45, 2.75) is 20.8 Å². The Kier molecular flexibility index (Phi) is 5.16. The van der Waals surface area contributed by atoms with Gasteiger partial charge < -0.3 is 10.8 Å². The lowest BCUT2D eigenvalue weighted by Crippen LogP contribution is -2.10. The van der Waals surface area contributed by atoms with Gasteiger partial charge in [-0.15, -0.1) is 0 Å². The van der Waals surface area contributed by atoms with Crippen LogP contribution >= 0.6 is 0 Å². The molecule has 82 valence electrons. The predicted octanol–water partition coefficient (Wildman–Crippen LogP) is 2.06. The number of nitrogens with two attached hydrogens (primary N) is 1. The number of phenols is 1. The van der Waals surface area contributed by atoms with Crippen molar-refractivity contribution in [3.8, 4) is 5.75 Å². The molecule has 0 aliphatic heterocycles. The summed E-state index contributed by atoms with van der Waals surface area (Å²) in [4.78, 5) is 9.82. The molecular weight excluding hydrogens is 190 g/mol. The molecule has 0 radical (unpaired) electrons. The molecule has 0 bridgehead atoms. The van der Waals surface area contributed by atoms with Crippen molar-refractivity contribution in [1.82, 2.24) is 0 Å². The van der Waals surface area contributed by atoms with Crippen LogP contribution in [0, 0.1) is 13.8 Å². The van der Waals surface area contributed by atoms with Gasteiger partial charge in [0.2, 0.25) is 5.91 Å². The summed E-state index contributed by atoms with van der Waals surface area (Å²) in [6, 6.07) is 5.72. The van der Waals surface area contributed by atoms with Crippen molar-refractivity contribution < 1.29 is 9.90 Å². The van der Waals surface area contributed by atoms with Crippen LogP contribution in [0.2, 0.25) is 0 Å². The van der Waals surface area contributed by atoms with Crippen LogP contribution in [0.4, 0.5) is 0 Å². The van der Waals surface area contributed by atoms with Crippen molar-refractivity contribution >= 4 is 5.91 Å². The van der Waals surface area contributed by atoms with E-state index >= 15 is 0 Å². The largest absolute Gasteiger partial charge is 0.507 e. The number of phenolic OH excluding ortho intramolecular Hbond substituents is 1. The topological polar surface area (TPSA) is 63.3 Å². The monoisotopic (exact) mass is 207 g/mol. The van der Waals surface area contributed by atoms with E-state index in [1.807, 2.05) is 32.0 Å². The fourth-order valence-electron chi connectivity index (χ4n) is 0.806. The molecule has 0 saturated carbocycles. The third kappa shape index (κ3) is 4.86. The van der Waals surface area contributed by atoms with Crippen molar-refractivity contribution in [3.63, 3.8) is 0 Å². The predicted molar refractivity (Wildman–Crippen MR) is 61.6 cm³/mol. The lowest BCUT2D eigenvalue weighted by Gasteiger charge is -1.99. The highest BCUT2D eigenvalue weighted by Crippen LogP contribution is 2.19. The average molecular weight is 207 g/mol. The van der Waals surface area contributed by atoms with E-state index in [1.54, 1.807) is 6.92 Å². The van der Waals surface area contributed by atoms with Crippen LogP contribution in [0.3, 0.4) is 0 Å². The highest BCUT2D eigenvalue weighted by Gasteiger charge is 1.95. The Labute approximate surface area is 90.2 Å². The van der Waals surface area contributed by atoms with Gasteiger partial charge in [0.15, 0.2) is 0 Å². The number of amides is 1. The molecule has 0 fully saturated rings. The van der Waals surface area contributed by atoms with E-state index in [-0.39, 0.29) is 0 Å². The number of carbonyl (C=O) groups is 1. The van der Waals surface area contributed by atoms with Crippen molar-refractivity contribution in [2.24, 2.45) is 5.73 Å². The third-order valence-electron chi connectivity index (χ3n) is 1.86. The van der Waals surface area contributed by atoms with E-state index in [0.29, 0.717) is 11.3 Å². The van der Waals surface area contributed by atoms with E-state index in [4.69, 9.17) is 5.73 Å². The Morgan fingerprint density at radius 3 is 1.87 bits per heavy atom. The Morgan fingerprint density at radius 2 is 1.67 bits per heavy atom. The summed E-state index contributed by atoms with van der Waals surface area (Å²) in [6.45, 7) is 8.63. The average Bonchev–Trinajstić information content (AvgIpc) is 2.15. The zero-order chi connectivity index (χ0) is 12.0. The van der Waals surface area contributed by atoms with Gasteiger partial charge in [0.25, 0.3) is 0 Å². The van der Waals surface area contributed by atoms with Crippen LogP contribution in [0.15, 0.2) is 30.4 Å². The molecule has 3 heteroatoms. The maximum atomic E-state index is 9.82. The van der Waals surface area contributed by atoms with Crippen LogP contribution in [0.1, 0.15) is 18.1 Å². The summed E-state index contributed by atoms with van der Waals surface area (Å²) in [7, 11) is 0. The van der Waals surface area contributed by atoms with Gasteiger partial charge in [-0.1, -0.05) is 24.8 Å². The molecule has 3 nitrogen and oxygen atoms in total. The second-order valence-electron chi connectivity index (χ2n) is 3.38. The smallest absolute Gasteiger partial charge is 0.243 e. The molecule has 0 aliphatic rings. The first-order chi connectivity index (χ1) is 6.86. The Balaban J connectivity index is 0.000000288. The molecule has 0 atom stereocenters. The van der Waals surface area contributed by atoms with Crippen LogP contribution in [-0.4, -0.2) is 11.0 Å². The molecule has 15 heavy (non-hydrogen) atoms. The minimum atomic E-state index is -0.435. The van der Waals surface area contributed by atoms with Crippen molar-refractivity contribution in [1.29, 1.82) is 0 Å². The van der Waals surface area contributed by atoms with E-state index in [2.05, 4.69) is 6.58 Å². The summed E-state index contributed by atoms with van der Waals surface area (Å²) < 4.78 is 0. The second-order valence-corrected chi connectivity index (χ2v) is 3.38. The van der Waals surface area contributed by atoms with Gasteiger partial charge in [-0.05, 0) is 31.9 Å². The highest BCUT2D eigenvalue weighted by molar-refractivity contribution is 5.90. The minimum Gasteiger partial charge on any atom is -0.507 e. The Bertz CT molecular complexity index is 338. The summed E-state index contributed by atoms with van der Waals surface area (Å²) in [5, 5.41) is 9.21. The van der Waals surface area contributed by atoms with Gasteiger partial charge in [0, 0.05) is 5.57 Å². The second kappa shape index (κ2) is 5.86. The molecule has 1 amide bonds. The van der Waals surface area contributed by atoms with Crippen molar-refractivity contribution in [2.75, 3.05) is 0 Å². The first-order valence-electron chi connectivity index (χ1n) is 4.56. The van der Waals surface area contributed by atoms with Gasteiger partial charge >= 0.3 is 0 Å². The van der Waals surface area contributed by atoms with Gasteiger partial charge in [-0.25, -0.2) is 0 Å². The zero-order valence-corrected chi connectivity index (χ0v) is 9.37. The van der Waals surface area contributed by atoms with Gasteiger partial charge in [-0.3, -0.25) is 4.79 Å². The molecular formula is C12H17NO2. The summed E-state index contributed by atoms with van der Waals surface area (Å²) in [5.41, 5.74) is 6.97. The standard InChI is InChI=1S/C8H10O.C4H7NO/c1-6-4-3-5-7(2)8(6)9;1-3(2)4(5)6/h3-5,9H,1-2H3;1H2,2H3,(H2,5,6). The summed E-state index contributed by atoms with van der Waals surface area (Å²) >= 11 is 0. The normalized spacial score (nSPS) is 8.73. The van der Waals surface area contributed by atoms with Crippen LogP contribution in [0.5, 0.6) is 5.75 Å². The number of carbonyl (C=O) groups excluding carboxylic acids is 1. The first kappa shape index (κ1) is 13.2. The van der Waals surface area contributed by atoms with Gasteiger partial charge in [-0.2, -0.15) is 0 Å². The van der Waals surface area contributed by atoms with Crippen molar-refractivity contribution in [3.05, 3.63) is 41.5 Å². The fourth-order valence-corrected chi connectivity index (χ4v) is 0.806. The highest BCUT2D eigenvalue weighted by atomic mass is 16.3. The zero-order valence-electron chi connectivity index (χ0n) is 9.37. The quantitative estimate of drug-likeness (QED) is 0.692. The number of hydrogen-bond acceptors (Lipinski definition) is 2. The van der Waals surface area contributed by atoms with Crippen LogP contribution in [-0.2, 0) is 4.79 Å². The number of rotatable bonds is 1. The molecule has 0 unspecified atom stereocenters. The number of aryl methyl sites for hydroxylation is 2. The number of aromatic hydroxyl groups is 1. The first-order valence-corrected chi connectivity index (χ1v) is 4.56. The molecule has 0 heterocycles. The maximum Gasteiger partial charge on any atom is 0.243 e. The van der Waals surface area contributed by atoms with Gasteiger partial charge in [0.1, 0.15) is 5.75 Å². The van der Waals surface area contributed by atoms with E-state index in [1.165, 1.54) is 0 Å². The van der Waals surface area contributed by atoms with E-state index in [9.17, 15) is 9.90 Å². The third-order valence-corrected chi connectivity index (χ3v) is 1.86. The summed E-state index contributed by atoms with van der Waals surface area (Å²) in [5.74, 6) is -0.0208. The molecule has 0 aliphatic carbocycles. The number of hydrogen-bond donors (Lipinski definition) is 2. The number of benzene rings is 1. The molecule has 1 aromatic carbocycles. The van der Waals surface area contributed by atoms with Crippen LogP contribution < -0.4 is 5.73 Å². The van der Waals surface area contributed by atoms with Crippen LogP contribution in [0.25, 0.3) is 0 Å². The number of para-hydroxylation sites is 1. The van der Waals surface area contributed by atoms with E-state index in [0.717, 1.165) is 11.1 Å². The molecule has 3 N–H and O–H groups in total. The lowest BCUT2D eigenvalue weighted by atomic mass is 10.1. The Hall–Kier alpha value is -1.77. The molecule has 1 aromatic rings. The number of primary amides is 1. The molecule has 0 saturated heterocycles. The SMILES string of the molecule is C=C(C)C(N)=O.Cc1cccc(C)c1O. The fraction of sp³-hybridized carbons (Fsp3) is 0.250. The molecule has 0 spiro atoms. The lowest BCUT2D eigenvalue weighted by molar-refractivity contribution is -0.114. The minimum absolute atomic E-state index is 0.398. The van der Waals surface area contributed by atoms with Gasteiger partial charge in [0.05, 0.1) is 0 Å². The Morgan fingerprint density at radius 1 is 1.33 bits per heavy atom. The molecule has 0 aromatic heterocycles. The summed E-state index contributed by atoms with van der Waals surface area (Å²) in [6.07, 6.45) is 0. The van der Waals surface area contributed by atoms with E-state index < -0.39 is 5.91 Å².